The minimum atomic E-state index is 0.225. The summed E-state index contributed by atoms with van der Waals surface area (Å²) in [5, 5.41) is 10.2. The Morgan fingerprint density at radius 1 is 0.882 bits per heavy atom. The third-order valence-electron chi connectivity index (χ3n) is 7.41. The van der Waals surface area contributed by atoms with Crippen LogP contribution >= 0.6 is 0 Å². The Labute approximate surface area is 199 Å². The molecule has 1 aliphatic heterocycles. The van der Waals surface area contributed by atoms with Gasteiger partial charge in [0, 0.05) is 43.0 Å². The van der Waals surface area contributed by atoms with E-state index in [1.807, 2.05) is 30.3 Å². The summed E-state index contributed by atoms with van der Waals surface area (Å²) in [6.45, 7) is 5.25. The van der Waals surface area contributed by atoms with E-state index in [0.717, 1.165) is 84.9 Å². The van der Waals surface area contributed by atoms with E-state index in [1.54, 1.807) is 0 Å². The lowest BCUT2D eigenvalue weighted by Gasteiger charge is -2.25. The summed E-state index contributed by atoms with van der Waals surface area (Å²) in [7, 11) is 0. The maximum absolute atomic E-state index is 13.1. The van der Waals surface area contributed by atoms with Crippen LogP contribution in [0.1, 0.15) is 37.7 Å². The summed E-state index contributed by atoms with van der Waals surface area (Å²) < 4.78 is 2.11. The Morgan fingerprint density at radius 2 is 1.68 bits per heavy atom. The van der Waals surface area contributed by atoms with Crippen LogP contribution in [0, 0.1) is 12.8 Å². The highest BCUT2D eigenvalue weighted by Gasteiger charge is 2.29. The number of hydrogen-bond acceptors (Lipinski definition) is 5. The second-order valence-electron chi connectivity index (χ2n) is 9.57. The largest absolute Gasteiger partial charge is 0.341 e. The van der Waals surface area contributed by atoms with Crippen LogP contribution in [-0.2, 0) is 4.79 Å². The SMILES string of the molecule is Cc1ccccc1-c1nnc2c3ccccc3nc(N3CCCN(C(=O)C4CCCC4)CC3)n12. The lowest BCUT2D eigenvalue weighted by Crippen LogP contribution is -2.38. The van der Waals surface area contributed by atoms with E-state index in [-0.39, 0.29) is 5.92 Å². The molecule has 1 saturated carbocycles. The van der Waals surface area contributed by atoms with Crippen LogP contribution in [0.2, 0.25) is 0 Å². The van der Waals surface area contributed by atoms with Crippen LogP contribution in [-0.4, -0.2) is 56.6 Å². The van der Waals surface area contributed by atoms with E-state index in [4.69, 9.17) is 4.98 Å². The number of hydrogen-bond donors (Lipinski definition) is 0. The van der Waals surface area contributed by atoms with Crippen molar-refractivity contribution in [3.05, 3.63) is 54.1 Å². The molecule has 1 amide bonds. The van der Waals surface area contributed by atoms with Gasteiger partial charge in [0.1, 0.15) is 0 Å². The molecule has 0 spiro atoms. The van der Waals surface area contributed by atoms with Crippen molar-refractivity contribution in [3.63, 3.8) is 0 Å². The molecule has 2 fully saturated rings. The van der Waals surface area contributed by atoms with Gasteiger partial charge in [0.15, 0.2) is 11.5 Å². The molecule has 4 aromatic rings. The van der Waals surface area contributed by atoms with Gasteiger partial charge in [-0.05, 0) is 43.9 Å². The third-order valence-corrected chi connectivity index (χ3v) is 7.41. The Morgan fingerprint density at radius 3 is 2.53 bits per heavy atom. The molecular formula is C27H30N6O. The van der Waals surface area contributed by atoms with Gasteiger partial charge >= 0.3 is 0 Å². The zero-order valence-corrected chi connectivity index (χ0v) is 19.7. The number of benzene rings is 2. The molecule has 0 bridgehead atoms. The monoisotopic (exact) mass is 454 g/mol. The average Bonchev–Trinajstić information content (AvgIpc) is 3.49. The van der Waals surface area contributed by atoms with Crippen LogP contribution in [0.5, 0.6) is 0 Å². The lowest BCUT2D eigenvalue weighted by atomic mass is 10.1. The Kier molecular flexibility index (Phi) is 5.40. The minimum absolute atomic E-state index is 0.225. The maximum atomic E-state index is 13.1. The molecule has 7 heteroatoms. The minimum Gasteiger partial charge on any atom is -0.341 e. The Bertz CT molecular complexity index is 1360. The van der Waals surface area contributed by atoms with Crippen molar-refractivity contribution in [2.24, 2.45) is 5.92 Å². The van der Waals surface area contributed by atoms with Gasteiger partial charge in [0.25, 0.3) is 0 Å². The number of fused-ring (bicyclic) bond motifs is 3. The number of amides is 1. The molecule has 2 aliphatic rings. The summed E-state index contributed by atoms with van der Waals surface area (Å²) in [4.78, 5) is 22.6. The highest BCUT2D eigenvalue weighted by atomic mass is 16.2. The second-order valence-corrected chi connectivity index (χ2v) is 9.57. The van der Waals surface area contributed by atoms with Gasteiger partial charge in [-0.25, -0.2) is 9.38 Å². The maximum Gasteiger partial charge on any atom is 0.225 e. The van der Waals surface area contributed by atoms with Crippen molar-refractivity contribution < 1.29 is 4.79 Å². The highest BCUT2D eigenvalue weighted by molar-refractivity contribution is 5.93. The third kappa shape index (κ3) is 3.59. The summed E-state index contributed by atoms with van der Waals surface area (Å²) in [6.07, 6.45) is 5.39. The quantitative estimate of drug-likeness (QED) is 0.457. The average molecular weight is 455 g/mol. The molecule has 2 aromatic heterocycles. The molecule has 174 valence electrons. The number of rotatable bonds is 3. The van der Waals surface area contributed by atoms with Crippen molar-refractivity contribution in [3.8, 4) is 11.4 Å². The molecule has 34 heavy (non-hydrogen) atoms. The fourth-order valence-corrected chi connectivity index (χ4v) is 5.55. The van der Waals surface area contributed by atoms with E-state index in [1.165, 1.54) is 12.8 Å². The number of aromatic nitrogens is 4. The van der Waals surface area contributed by atoms with Crippen LogP contribution in [0.15, 0.2) is 48.5 Å². The second kappa shape index (κ2) is 8.70. The summed E-state index contributed by atoms with van der Waals surface area (Å²) in [5.74, 6) is 2.24. The van der Waals surface area contributed by atoms with Gasteiger partial charge in [0.2, 0.25) is 11.9 Å². The number of aryl methyl sites for hydroxylation is 1. The van der Waals surface area contributed by atoms with E-state index in [0.29, 0.717) is 5.91 Å². The van der Waals surface area contributed by atoms with Gasteiger partial charge in [0.05, 0.1) is 5.52 Å². The molecule has 0 N–H and O–H groups in total. The molecular weight excluding hydrogens is 424 g/mol. The zero-order valence-electron chi connectivity index (χ0n) is 19.7. The predicted octanol–water partition coefficient (Wildman–Crippen LogP) is 4.48. The first-order chi connectivity index (χ1) is 16.7. The molecule has 1 saturated heterocycles. The molecule has 3 heterocycles. The summed E-state index contributed by atoms with van der Waals surface area (Å²) in [6, 6.07) is 16.4. The first-order valence-corrected chi connectivity index (χ1v) is 12.4. The molecule has 0 unspecified atom stereocenters. The van der Waals surface area contributed by atoms with Crippen molar-refractivity contribution in [2.75, 3.05) is 31.1 Å². The van der Waals surface area contributed by atoms with Gasteiger partial charge in [-0.1, -0.05) is 49.2 Å². The Balaban J connectivity index is 1.42. The van der Waals surface area contributed by atoms with E-state index in [2.05, 4.69) is 49.5 Å². The molecule has 2 aromatic carbocycles. The van der Waals surface area contributed by atoms with E-state index in [9.17, 15) is 4.79 Å². The van der Waals surface area contributed by atoms with Crippen LogP contribution in [0.3, 0.4) is 0 Å². The summed E-state index contributed by atoms with van der Waals surface area (Å²) in [5.41, 5.74) is 3.94. The topological polar surface area (TPSA) is 66.6 Å². The summed E-state index contributed by atoms with van der Waals surface area (Å²) >= 11 is 0. The van der Waals surface area contributed by atoms with Gasteiger partial charge < -0.3 is 9.80 Å². The highest BCUT2D eigenvalue weighted by Crippen LogP contribution is 2.31. The number of carbonyl (C=O) groups is 1. The Hall–Kier alpha value is -3.48. The van der Waals surface area contributed by atoms with E-state index >= 15 is 0 Å². The molecule has 0 radical (unpaired) electrons. The smallest absolute Gasteiger partial charge is 0.225 e. The fraction of sp³-hybridized carbons (Fsp3) is 0.407. The predicted molar refractivity (Wildman–Crippen MR) is 134 cm³/mol. The van der Waals surface area contributed by atoms with Crippen LogP contribution in [0.4, 0.5) is 5.95 Å². The number of nitrogens with zero attached hydrogens (tertiary/aromatic N) is 6. The first-order valence-electron chi connectivity index (χ1n) is 12.4. The van der Waals surface area contributed by atoms with Gasteiger partial charge in [-0.15, -0.1) is 10.2 Å². The molecule has 1 aliphatic carbocycles. The van der Waals surface area contributed by atoms with Crippen LogP contribution in [0.25, 0.3) is 27.9 Å². The van der Waals surface area contributed by atoms with Gasteiger partial charge in [-0.3, -0.25) is 4.79 Å². The number of carbonyl (C=O) groups excluding carboxylic acids is 1. The van der Waals surface area contributed by atoms with Gasteiger partial charge in [-0.2, -0.15) is 0 Å². The zero-order chi connectivity index (χ0) is 23.1. The first kappa shape index (κ1) is 21.1. The molecule has 6 rings (SSSR count). The molecule has 7 nitrogen and oxygen atoms in total. The van der Waals surface area contributed by atoms with Crippen molar-refractivity contribution in [1.29, 1.82) is 0 Å². The number of anilines is 1. The van der Waals surface area contributed by atoms with Crippen molar-refractivity contribution in [2.45, 2.75) is 39.0 Å². The molecule has 0 atom stereocenters. The van der Waals surface area contributed by atoms with E-state index < -0.39 is 0 Å². The van der Waals surface area contributed by atoms with Crippen LogP contribution < -0.4 is 4.90 Å². The fourth-order valence-electron chi connectivity index (χ4n) is 5.55. The van der Waals surface area contributed by atoms with Crippen molar-refractivity contribution in [1.82, 2.24) is 24.5 Å². The lowest BCUT2D eigenvalue weighted by molar-refractivity contribution is -0.135. The standard InChI is InChI=1S/C27H30N6O/c1-19-9-2-5-12-21(19)24-29-30-25-22-13-6-7-14-23(22)28-27(33(24)25)32-16-8-15-31(17-18-32)26(34)20-10-3-4-11-20/h2,5-7,9,12-14,20H,3-4,8,10-11,15-18H2,1H3. The number of para-hydroxylation sites is 1. The van der Waals surface area contributed by atoms with Crippen molar-refractivity contribution >= 4 is 28.4 Å². The normalized spacial score (nSPS) is 17.6.